The molecular weight excluding hydrogens is 328 g/mol. The summed E-state index contributed by atoms with van der Waals surface area (Å²) in [5.41, 5.74) is 2.62. The Morgan fingerprint density at radius 2 is 1.96 bits per heavy atom. The largest absolute Gasteiger partial charge is 0.486 e. The summed E-state index contributed by atoms with van der Waals surface area (Å²) < 4.78 is 6.07. The second kappa shape index (κ2) is 8.35. The van der Waals surface area contributed by atoms with E-state index in [1.807, 2.05) is 6.92 Å². The number of carboxylic acid groups (broad SMARTS) is 1. The van der Waals surface area contributed by atoms with E-state index in [1.165, 1.54) is 23.3 Å². The van der Waals surface area contributed by atoms with Crippen molar-refractivity contribution in [2.24, 2.45) is 0 Å². The van der Waals surface area contributed by atoms with Gasteiger partial charge in [-0.25, -0.2) is 4.79 Å². The predicted octanol–water partition coefficient (Wildman–Crippen LogP) is 5.58. The zero-order valence-corrected chi connectivity index (χ0v) is 16.1. The van der Waals surface area contributed by atoms with E-state index in [9.17, 15) is 9.59 Å². The number of carbonyl (C=O) groups excluding carboxylic acids is 1. The summed E-state index contributed by atoms with van der Waals surface area (Å²) in [5.74, 6) is -0.609. The van der Waals surface area contributed by atoms with Gasteiger partial charge in [-0.2, -0.15) is 0 Å². The van der Waals surface area contributed by atoms with Crippen molar-refractivity contribution in [3.63, 3.8) is 0 Å². The van der Waals surface area contributed by atoms with Crippen LogP contribution in [-0.2, 0) is 0 Å². The fourth-order valence-corrected chi connectivity index (χ4v) is 3.16. The molecule has 1 aromatic rings. The van der Waals surface area contributed by atoms with Crippen LogP contribution in [0, 0.1) is 0 Å². The van der Waals surface area contributed by atoms with Gasteiger partial charge in [0.15, 0.2) is 5.78 Å². The zero-order chi connectivity index (χ0) is 19.3. The minimum Gasteiger partial charge on any atom is -0.486 e. The summed E-state index contributed by atoms with van der Waals surface area (Å²) in [6.07, 6.45) is 8.43. The number of ether oxygens (including phenoxy) is 1. The molecule has 1 atom stereocenters. The van der Waals surface area contributed by atoms with Gasteiger partial charge >= 0.3 is 5.97 Å². The Morgan fingerprint density at radius 1 is 1.23 bits per heavy atom. The van der Waals surface area contributed by atoms with E-state index in [1.54, 1.807) is 6.07 Å². The van der Waals surface area contributed by atoms with E-state index < -0.39 is 11.6 Å². The van der Waals surface area contributed by atoms with Crippen LogP contribution in [0.15, 0.2) is 41.5 Å². The summed E-state index contributed by atoms with van der Waals surface area (Å²) in [6.45, 7) is 8.30. The fraction of sp³-hybridized carbons (Fsp3) is 0.455. The Hall–Kier alpha value is -2.36. The van der Waals surface area contributed by atoms with Gasteiger partial charge in [0, 0.05) is 0 Å². The summed E-state index contributed by atoms with van der Waals surface area (Å²) >= 11 is 0. The zero-order valence-electron chi connectivity index (χ0n) is 16.1. The van der Waals surface area contributed by atoms with E-state index >= 15 is 0 Å². The normalized spacial score (nSPS) is 19.5. The van der Waals surface area contributed by atoms with Crippen LogP contribution < -0.4 is 4.74 Å². The van der Waals surface area contributed by atoms with Gasteiger partial charge in [-0.05, 0) is 71.6 Å². The van der Waals surface area contributed by atoms with Crippen LogP contribution >= 0.6 is 0 Å². The highest BCUT2D eigenvalue weighted by Gasteiger charge is 2.36. The van der Waals surface area contributed by atoms with Crippen molar-refractivity contribution in [1.82, 2.24) is 0 Å². The molecule has 0 aromatic heterocycles. The van der Waals surface area contributed by atoms with Gasteiger partial charge in [0.1, 0.15) is 11.4 Å². The molecule has 4 nitrogen and oxygen atoms in total. The van der Waals surface area contributed by atoms with Crippen molar-refractivity contribution < 1.29 is 19.4 Å². The molecule has 1 aromatic carbocycles. The topological polar surface area (TPSA) is 63.6 Å². The minimum atomic E-state index is -1.04. The molecule has 0 spiro atoms. The third kappa shape index (κ3) is 5.32. The molecular formula is C22H28O4. The Bertz CT molecular complexity index is 753. The van der Waals surface area contributed by atoms with Crippen molar-refractivity contribution in [2.45, 2.75) is 65.4 Å². The van der Waals surface area contributed by atoms with Crippen LogP contribution in [0.2, 0.25) is 0 Å². The third-order valence-corrected chi connectivity index (χ3v) is 4.68. The molecule has 0 radical (unpaired) electrons. The maximum absolute atomic E-state index is 12.5. The van der Waals surface area contributed by atoms with E-state index in [0.717, 1.165) is 25.7 Å². The first-order valence-corrected chi connectivity index (χ1v) is 9.09. The number of ketones is 1. The third-order valence-electron chi connectivity index (χ3n) is 4.68. The van der Waals surface area contributed by atoms with Gasteiger partial charge in [0.2, 0.25) is 0 Å². The first-order chi connectivity index (χ1) is 12.2. The van der Waals surface area contributed by atoms with Crippen molar-refractivity contribution in [3.8, 4) is 5.75 Å². The Balaban J connectivity index is 2.00. The molecule has 0 saturated carbocycles. The number of carboxylic acids is 1. The van der Waals surface area contributed by atoms with Crippen LogP contribution in [0.5, 0.6) is 5.75 Å². The summed E-state index contributed by atoms with van der Waals surface area (Å²) in [5, 5.41) is 9.07. The number of rotatable bonds is 7. The highest BCUT2D eigenvalue weighted by Crippen LogP contribution is 2.36. The lowest BCUT2D eigenvalue weighted by Gasteiger charge is -2.35. The number of benzene rings is 1. The number of fused-ring (bicyclic) bond motifs is 1. The van der Waals surface area contributed by atoms with Gasteiger partial charge in [-0.3, -0.25) is 4.79 Å². The fourth-order valence-electron chi connectivity index (χ4n) is 3.16. The van der Waals surface area contributed by atoms with Crippen LogP contribution in [0.4, 0.5) is 0 Å². The maximum atomic E-state index is 12.5. The predicted molar refractivity (Wildman–Crippen MR) is 103 cm³/mol. The highest BCUT2D eigenvalue weighted by molar-refractivity contribution is 6.02. The Kier molecular flexibility index (Phi) is 6.41. The molecule has 26 heavy (non-hydrogen) atoms. The highest BCUT2D eigenvalue weighted by atomic mass is 16.5. The smallest absolute Gasteiger partial charge is 0.335 e. The molecule has 140 valence electrons. The van der Waals surface area contributed by atoms with E-state index in [0.29, 0.717) is 11.3 Å². The molecule has 0 unspecified atom stereocenters. The average molecular weight is 356 g/mol. The Labute approximate surface area is 155 Å². The summed E-state index contributed by atoms with van der Waals surface area (Å²) in [7, 11) is 0. The number of hydrogen-bond donors (Lipinski definition) is 1. The molecule has 4 heteroatoms. The molecule has 1 heterocycles. The van der Waals surface area contributed by atoms with Crippen molar-refractivity contribution in [1.29, 1.82) is 0 Å². The van der Waals surface area contributed by atoms with Crippen LogP contribution in [-0.4, -0.2) is 22.5 Å². The number of Topliss-reactive ketones (excluding diaryl/α,β-unsaturated/α-hetero) is 1. The summed E-state index contributed by atoms with van der Waals surface area (Å²) in [4.78, 5) is 23.6. The average Bonchev–Trinajstić information content (AvgIpc) is 2.53. The van der Waals surface area contributed by atoms with E-state index in [4.69, 9.17) is 9.84 Å². The van der Waals surface area contributed by atoms with E-state index in [-0.39, 0.29) is 17.8 Å². The van der Waals surface area contributed by atoms with Gasteiger partial charge in [0.05, 0.1) is 17.5 Å². The second-order valence-electron chi connectivity index (χ2n) is 7.58. The van der Waals surface area contributed by atoms with Crippen molar-refractivity contribution >= 4 is 11.8 Å². The molecule has 0 aliphatic carbocycles. The van der Waals surface area contributed by atoms with Crippen molar-refractivity contribution in [3.05, 3.63) is 52.6 Å². The first-order valence-electron chi connectivity index (χ1n) is 9.09. The van der Waals surface area contributed by atoms with E-state index in [2.05, 4.69) is 32.9 Å². The lowest BCUT2D eigenvalue weighted by Crippen LogP contribution is -2.39. The van der Waals surface area contributed by atoms with Gasteiger partial charge in [0.25, 0.3) is 0 Å². The first kappa shape index (κ1) is 20.0. The number of hydrogen-bond acceptors (Lipinski definition) is 3. The van der Waals surface area contributed by atoms with Gasteiger partial charge < -0.3 is 9.84 Å². The number of aromatic carboxylic acids is 1. The van der Waals surface area contributed by atoms with Crippen LogP contribution in [0.3, 0.4) is 0 Å². The standard InChI is InChI=1S/C22H28O4/c1-15(2)7-5-8-16(3)9-6-12-22(4)14-19(23)18-13-17(21(24)25)10-11-20(18)26-22/h7,9-11,13H,5-6,8,12,14H2,1-4H3,(H,24,25)/b16-9+/t22-/m0/s1. The lowest BCUT2D eigenvalue weighted by molar-refractivity contribution is 0.0475. The molecule has 1 aliphatic rings. The molecule has 0 saturated heterocycles. The monoisotopic (exact) mass is 356 g/mol. The quantitative estimate of drug-likeness (QED) is 0.648. The van der Waals surface area contributed by atoms with Crippen LogP contribution in [0.1, 0.15) is 80.5 Å². The Morgan fingerprint density at radius 3 is 2.62 bits per heavy atom. The minimum absolute atomic E-state index is 0.0545. The second-order valence-corrected chi connectivity index (χ2v) is 7.58. The van der Waals surface area contributed by atoms with Gasteiger partial charge in [-0.15, -0.1) is 0 Å². The lowest BCUT2D eigenvalue weighted by atomic mass is 9.87. The SMILES string of the molecule is CC(C)=CCC/C(C)=C/CC[C@@]1(C)CC(=O)c2cc(C(=O)O)ccc2O1. The summed E-state index contributed by atoms with van der Waals surface area (Å²) in [6, 6.07) is 4.48. The molecule has 0 fully saturated rings. The molecule has 2 rings (SSSR count). The van der Waals surface area contributed by atoms with Crippen molar-refractivity contribution in [2.75, 3.05) is 0 Å². The molecule has 0 bridgehead atoms. The maximum Gasteiger partial charge on any atom is 0.335 e. The van der Waals surface area contributed by atoms with Gasteiger partial charge in [-0.1, -0.05) is 23.3 Å². The molecule has 0 amide bonds. The molecule has 1 N–H and O–H groups in total. The number of carbonyl (C=O) groups is 2. The number of allylic oxidation sites excluding steroid dienone is 4. The molecule has 1 aliphatic heterocycles. The van der Waals surface area contributed by atoms with Crippen LogP contribution in [0.25, 0.3) is 0 Å².